The van der Waals surface area contributed by atoms with Crippen LogP contribution in [0.2, 0.25) is 0 Å². The van der Waals surface area contributed by atoms with Gasteiger partial charge in [0.2, 0.25) is 6.79 Å². The highest BCUT2D eigenvalue weighted by atomic mass is 16.7. The molecule has 138 valence electrons. The fourth-order valence-electron chi connectivity index (χ4n) is 2.79. The molecule has 2 aromatic carbocycles. The van der Waals surface area contributed by atoms with E-state index in [1.54, 1.807) is 25.3 Å². The lowest BCUT2D eigenvalue weighted by Gasteiger charge is -2.25. The van der Waals surface area contributed by atoms with Gasteiger partial charge in [-0.15, -0.1) is 0 Å². The number of rotatable bonds is 6. The average molecular weight is 357 g/mol. The second kappa shape index (κ2) is 7.97. The number of methoxy groups -OCH3 is 1. The molecule has 2 N–H and O–H groups in total. The highest BCUT2D eigenvalue weighted by Gasteiger charge is 2.17. The molecule has 0 spiro atoms. The summed E-state index contributed by atoms with van der Waals surface area (Å²) in [6.45, 7) is 0.659. The number of amides is 2. The monoisotopic (exact) mass is 357 g/mol. The Morgan fingerprint density at radius 1 is 1.19 bits per heavy atom. The Kier molecular flexibility index (Phi) is 5.48. The molecule has 1 aliphatic heterocycles. The third-order valence-electron chi connectivity index (χ3n) is 4.19. The van der Waals surface area contributed by atoms with Crippen LogP contribution >= 0.6 is 0 Å². The first kappa shape index (κ1) is 17.9. The van der Waals surface area contributed by atoms with Gasteiger partial charge in [-0.05, 0) is 43.9 Å². The van der Waals surface area contributed by atoms with E-state index in [9.17, 15) is 4.79 Å². The van der Waals surface area contributed by atoms with Crippen LogP contribution in [0.5, 0.6) is 17.2 Å². The molecule has 7 heteroatoms. The van der Waals surface area contributed by atoms with Gasteiger partial charge in [0.25, 0.3) is 0 Å². The maximum Gasteiger partial charge on any atom is 0.319 e. The van der Waals surface area contributed by atoms with Crippen LogP contribution < -0.4 is 24.8 Å². The summed E-state index contributed by atoms with van der Waals surface area (Å²) in [5, 5.41) is 5.72. The number of carbonyl (C=O) groups is 1. The van der Waals surface area contributed by atoms with Gasteiger partial charge in [0.05, 0.1) is 13.2 Å². The van der Waals surface area contributed by atoms with Crippen molar-refractivity contribution in [3.8, 4) is 17.2 Å². The smallest absolute Gasteiger partial charge is 0.319 e. The van der Waals surface area contributed by atoms with Crippen molar-refractivity contribution in [3.05, 3.63) is 48.0 Å². The van der Waals surface area contributed by atoms with E-state index in [0.717, 1.165) is 11.3 Å². The van der Waals surface area contributed by atoms with Crippen molar-refractivity contribution in [1.29, 1.82) is 0 Å². The lowest BCUT2D eigenvalue weighted by atomic mass is 10.1. The Morgan fingerprint density at radius 3 is 2.77 bits per heavy atom. The maximum absolute atomic E-state index is 12.3. The number of nitrogens with one attached hydrogen (secondary N) is 2. The van der Waals surface area contributed by atoms with E-state index in [2.05, 4.69) is 15.5 Å². The number of nitrogens with zero attached hydrogens (tertiary/aromatic N) is 1. The Labute approximate surface area is 152 Å². The van der Waals surface area contributed by atoms with Crippen molar-refractivity contribution >= 4 is 11.7 Å². The standard InChI is InChI=1S/C19H23N3O4/c1-22(2)16(13-5-4-6-15(9-13)24-3)11-20-19(23)21-14-7-8-17-18(10-14)26-12-25-17/h4-10,16H,11-12H2,1-3H3,(H2,20,21,23)/t16-/m1/s1. The van der Waals surface area contributed by atoms with Gasteiger partial charge in [0.1, 0.15) is 5.75 Å². The van der Waals surface area contributed by atoms with Crippen molar-refractivity contribution in [1.82, 2.24) is 10.2 Å². The van der Waals surface area contributed by atoms with Gasteiger partial charge in [-0.2, -0.15) is 0 Å². The van der Waals surface area contributed by atoms with Gasteiger partial charge < -0.3 is 29.7 Å². The summed E-state index contributed by atoms with van der Waals surface area (Å²) >= 11 is 0. The minimum Gasteiger partial charge on any atom is -0.497 e. The summed E-state index contributed by atoms with van der Waals surface area (Å²) in [7, 11) is 5.59. The number of carbonyl (C=O) groups excluding carboxylic acids is 1. The summed E-state index contributed by atoms with van der Waals surface area (Å²) in [6, 6.07) is 12.9. The zero-order chi connectivity index (χ0) is 18.5. The van der Waals surface area contributed by atoms with Crippen LogP contribution in [-0.4, -0.2) is 45.5 Å². The van der Waals surface area contributed by atoms with Crippen LogP contribution in [-0.2, 0) is 0 Å². The minimum atomic E-state index is -0.279. The largest absolute Gasteiger partial charge is 0.497 e. The molecule has 1 atom stereocenters. The Hall–Kier alpha value is -2.93. The predicted molar refractivity (Wildman–Crippen MR) is 99.0 cm³/mol. The number of fused-ring (bicyclic) bond motifs is 1. The number of ether oxygens (including phenoxy) is 3. The summed E-state index contributed by atoms with van der Waals surface area (Å²) in [5.41, 5.74) is 1.72. The molecular weight excluding hydrogens is 334 g/mol. The minimum absolute atomic E-state index is 0.0209. The molecule has 0 fully saturated rings. The molecule has 3 rings (SSSR count). The van der Waals surface area contributed by atoms with Gasteiger partial charge >= 0.3 is 6.03 Å². The van der Waals surface area contributed by atoms with Crippen LogP contribution in [0.1, 0.15) is 11.6 Å². The number of hydrogen-bond donors (Lipinski definition) is 2. The molecule has 0 radical (unpaired) electrons. The summed E-state index contributed by atoms with van der Waals surface area (Å²) < 4.78 is 15.9. The van der Waals surface area contributed by atoms with Crippen molar-refractivity contribution in [2.45, 2.75) is 6.04 Å². The molecule has 0 aliphatic carbocycles. The van der Waals surface area contributed by atoms with E-state index in [1.165, 1.54) is 0 Å². The first-order chi connectivity index (χ1) is 12.6. The van der Waals surface area contributed by atoms with Crippen molar-refractivity contribution in [2.75, 3.05) is 39.9 Å². The Morgan fingerprint density at radius 2 is 2.00 bits per heavy atom. The first-order valence-electron chi connectivity index (χ1n) is 8.31. The lowest BCUT2D eigenvalue weighted by Crippen LogP contribution is -2.36. The van der Waals surface area contributed by atoms with Crippen LogP contribution in [0.3, 0.4) is 0 Å². The molecule has 0 saturated carbocycles. The maximum atomic E-state index is 12.3. The van der Waals surface area contributed by atoms with E-state index in [0.29, 0.717) is 23.7 Å². The van der Waals surface area contributed by atoms with Crippen molar-refractivity contribution in [2.24, 2.45) is 0 Å². The molecule has 2 aromatic rings. The van der Waals surface area contributed by atoms with Gasteiger partial charge in [-0.3, -0.25) is 0 Å². The number of likely N-dealkylation sites (N-methyl/N-ethyl adjacent to an activating group) is 1. The Bertz CT molecular complexity index is 779. The molecule has 2 amide bonds. The fourth-order valence-corrected chi connectivity index (χ4v) is 2.79. The molecular formula is C19H23N3O4. The second-order valence-electron chi connectivity index (χ2n) is 6.16. The van der Waals surface area contributed by atoms with Crippen LogP contribution in [0.15, 0.2) is 42.5 Å². The van der Waals surface area contributed by atoms with E-state index in [1.807, 2.05) is 38.4 Å². The molecule has 26 heavy (non-hydrogen) atoms. The SMILES string of the molecule is COc1cccc([C@@H](CNC(=O)Nc2ccc3c(c2)OCO3)N(C)C)c1. The topological polar surface area (TPSA) is 72.1 Å². The van der Waals surface area contributed by atoms with E-state index in [-0.39, 0.29) is 18.9 Å². The van der Waals surface area contributed by atoms with Crippen molar-refractivity contribution < 1.29 is 19.0 Å². The van der Waals surface area contributed by atoms with Gasteiger partial charge in [0, 0.05) is 18.3 Å². The normalized spacial score (nSPS) is 13.4. The van der Waals surface area contributed by atoms with Gasteiger partial charge in [0.15, 0.2) is 11.5 Å². The lowest BCUT2D eigenvalue weighted by molar-refractivity contribution is 0.174. The number of anilines is 1. The van der Waals surface area contributed by atoms with E-state index < -0.39 is 0 Å². The molecule has 0 bridgehead atoms. The highest BCUT2D eigenvalue weighted by molar-refractivity contribution is 5.89. The van der Waals surface area contributed by atoms with E-state index in [4.69, 9.17) is 14.2 Å². The first-order valence-corrected chi connectivity index (χ1v) is 8.31. The van der Waals surface area contributed by atoms with Crippen LogP contribution in [0.4, 0.5) is 10.5 Å². The van der Waals surface area contributed by atoms with Crippen LogP contribution in [0.25, 0.3) is 0 Å². The van der Waals surface area contributed by atoms with Crippen molar-refractivity contribution in [3.63, 3.8) is 0 Å². The molecule has 0 unspecified atom stereocenters. The summed E-state index contributed by atoms with van der Waals surface area (Å²) in [4.78, 5) is 14.3. The zero-order valence-electron chi connectivity index (χ0n) is 15.1. The van der Waals surface area contributed by atoms with E-state index >= 15 is 0 Å². The molecule has 1 aliphatic rings. The number of hydrogen-bond acceptors (Lipinski definition) is 5. The third kappa shape index (κ3) is 4.18. The predicted octanol–water partition coefficient (Wildman–Crippen LogP) is 2.85. The molecule has 7 nitrogen and oxygen atoms in total. The quantitative estimate of drug-likeness (QED) is 0.832. The third-order valence-corrected chi connectivity index (χ3v) is 4.19. The summed E-state index contributed by atoms with van der Waals surface area (Å²) in [5.74, 6) is 2.10. The molecule has 1 heterocycles. The fraction of sp³-hybridized carbons (Fsp3) is 0.316. The van der Waals surface area contributed by atoms with Gasteiger partial charge in [-0.25, -0.2) is 4.79 Å². The Balaban J connectivity index is 1.61. The second-order valence-corrected chi connectivity index (χ2v) is 6.16. The molecule has 0 saturated heterocycles. The number of urea groups is 1. The van der Waals surface area contributed by atoms with Crippen LogP contribution in [0, 0.1) is 0 Å². The molecule has 0 aromatic heterocycles. The zero-order valence-corrected chi connectivity index (χ0v) is 15.1. The average Bonchev–Trinajstić information content (AvgIpc) is 3.09. The van der Waals surface area contributed by atoms with Gasteiger partial charge in [-0.1, -0.05) is 12.1 Å². The summed E-state index contributed by atoms with van der Waals surface area (Å²) in [6.07, 6.45) is 0. The number of benzene rings is 2. The highest BCUT2D eigenvalue weighted by Crippen LogP contribution is 2.34.